The lowest BCUT2D eigenvalue weighted by atomic mass is 10.1. The van der Waals surface area contributed by atoms with Crippen LogP contribution in [-0.2, 0) is 6.18 Å². The molecule has 0 bridgehead atoms. The lowest BCUT2D eigenvalue weighted by Crippen LogP contribution is -2.11. The van der Waals surface area contributed by atoms with Crippen LogP contribution in [-0.4, -0.2) is 4.98 Å². The molecule has 0 radical (unpaired) electrons. The summed E-state index contributed by atoms with van der Waals surface area (Å²) in [6, 6.07) is 0.156. The zero-order valence-electron chi connectivity index (χ0n) is 7.37. The largest absolute Gasteiger partial charge is 0.416 e. The van der Waals surface area contributed by atoms with Crippen molar-refractivity contribution in [3.63, 3.8) is 0 Å². The van der Waals surface area contributed by atoms with Crippen molar-refractivity contribution in [2.24, 2.45) is 0 Å². The van der Waals surface area contributed by atoms with E-state index < -0.39 is 35.4 Å². The van der Waals surface area contributed by atoms with Crippen LogP contribution >= 0.6 is 0 Å². The summed E-state index contributed by atoms with van der Waals surface area (Å²) >= 11 is 0. The van der Waals surface area contributed by atoms with Crippen molar-refractivity contribution in [3.05, 3.63) is 28.8 Å². The monoisotopic (exact) mass is 229 g/mol. The SMILES string of the molecule is Cc1c(C(F)(F)F)cc(C(F)F)nc1F. The second kappa shape index (κ2) is 3.71. The first kappa shape index (κ1) is 11.8. The standard InChI is InChI=1S/C8H5F6N/c1-3-4(8(12,13)14)2-5(6(9)10)15-7(3)11/h2,6H,1H3. The fraction of sp³-hybridized carbons (Fsp3) is 0.375. The van der Waals surface area contributed by atoms with Crippen LogP contribution < -0.4 is 0 Å². The van der Waals surface area contributed by atoms with Gasteiger partial charge >= 0.3 is 6.18 Å². The van der Waals surface area contributed by atoms with Gasteiger partial charge in [0.2, 0.25) is 5.95 Å². The Bertz CT molecular complexity index is 370. The molecule has 7 heteroatoms. The first-order chi connectivity index (χ1) is 6.73. The molecule has 0 saturated carbocycles. The molecule has 0 aliphatic carbocycles. The highest BCUT2D eigenvalue weighted by molar-refractivity contribution is 5.29. The fourth-order valence-corrected chi connectivity index (χ4v) is 1.00. The number of nitrogens with zero attached hydrogens (tertiary/aromatic N) is 1. The Morgan fingerprint density at radius 1 is 1.27 bits per heavy atom. The zero-order valence-corrected chi connectivity index (χ0v) is 7.37. The van der Waals surface area contributed by atoms with Crippen molar-refractivity contribution in [3.8, 4) is 0 Å². The molecule has 1 nitrogen and oxygen atoms in total. The van der Waals surface area contributed by atoms with Gasteiger partial charge < -0.3 is 0 Å². The molecule has 1 aromatic rings. The fourth-order valence-electron chi connectivity index (χ4n) is 1.00. The minimum Gasteiger partial charge on any atom is -0.219 e. The second-order valence-corrected chi connectivity index (χ2v) is 2.81. The molecule has 1 rings (SSSR count). The predicted octanol–water partition coefficient (Wildman–Crippen LogP) is 3.49. The predicted molar refractivity (Wildman–Crippen MR) is 38.9 cm³/mol. The lowest BCUT2D eigenvalue weighted by molar-refractivity contribution is -0.138. The van der Waals surface area contributed by atoms with Gasteiger partial charge in [-0.3, -0.25) is 0 Å². The molecule has 0 amide bonds. The first-order valence-electron chi connectivity index (χ1n) is 3.76. The highest BCUT2D eigenvalue weighted by Gasteiger charge is 2.35. The third-order valence-electron chi connectivity index (χ3n) is 1.76. The molecular formula is C8H5F6N. The average Bonchev–Trinajstić information content (AvgIpc) is 2.06. The second-order valence-electron chi connectivity index (χ2n) is 2.81. The average molecular weight is 229 g/mol. The van der Waals surface area contributed by atoms with Gasteiger partial charge in [-0.15, -0.1) is 0 Å². The molecule has 0 aromatic carbocycles. The van der Waals surface area contributed by atoms with Crippen LogP contribution in [0.4, 0.5) is 26.3 Å². The van der Waals surface area contributed by atoms with E-state index in [4.69, 9.17) is 0 Å². The smallest absolute Gasteiger partial charge is 0.219 e. The molecule has 0 aliphatic heterocycles. The van der Waals surface area contributed by atoms with Crippen LogP contribution in [0.2, 0.25) is 0 Å². The summed E-state index contributed by atoms with van der Waals surface area (Å²) in [5.74, 6) is -1.53. The number of alkyl halides is 5. The molecular weight excluding hydrogens is 224 g/mol. The molecule has 0 aliphatic rings. The van der Waals surface area contributed by atoms with E-state index in [0.717, 1.165) is 6.92 Å². The molecule has 0 fully saturated rings. The molecule has 84 valence electrons. The zero-order chi connectivity index (χ0) is 11.8. The summed E-state index contributed by atoms with van der Waals surface area (Å²) in [7, 11) is 0. The Hall–Kier alpha value is -1.27. The van der Waals surface area contributed by atoms with Gasteiger partial charge in [-0.25, -0.2) is 13.8 Å². The number of hydrogen-bond donors (Lipinski definition) is 0. The van der Waals surface area contributed by atoms with Gasteiger partial charge in [0.1, 0.15) is 5.69 Å². The molecule has 0 atom stereocenters. The molecule has 0 spiro atoms. The van der Waals surface area contributed by atoms with Gasteiger partial charge in [-0.05, 0) is 13.0 Å². The number of pyridine rings is 1. The van der Waals surface area contributed by atoms with Crippen molar-refractivity contribution in [2.75, 3.05) is 0 Å². The molecule has 15 heavy (non-hydrogen) atoms. The number of hydrogen-bond acceptors (Lipinski definition) is 1. The summed E-state index contributed by atoms with van der Waals surface area (Å²) in [5.41, 5.74) is -3.43. The normalized spacial score (nSPS) is 12.3. The Morgan fingerprint density at radius 2 is 1.80 bits per heavy atom. The van der Waals surface area contributed by atoms with E-state index in [0.29, 0.717) is 0 Å². The van der Waals surface area contributed by atoms with Crippen LogP contribution in [0, 0.1) is 12.9 Å². The topological polar surface area (TPSA) is 12.9 Å². The summed E-state index contributed by atoms with van der Waals surface area (Å²) in [4.78, 5) is 2.73. The molecule has 0 saturated heterocycles. The Morgan fingerprint density at radius 3 is 2.20 bits per heavy atom. The minimum absolute atomic E-state index is 0.156. The molecule has 0 unspecified atom stereocenters. The third kappa shape index (κ3) is 2.40. The number of rotatable bonds is 1. The molecule has 1 aromatic heterocycles. The highest BCUT2D eigenvalue weighted by Crippen LogP contribution is 2.34. The summed E-state index contributed by atoms with van der Waals surface area (Å²) in [5, 5.41) is 0. The van der Waals surface area contributed by atoms with E-state index in [-0.39, 0.29) is 6.07 Å². The van der Waals surface area contributed by atoms with E-state index in [1.54, 1.807) is 0 Å². The maximum Gasteiger partial charge on any atom is 0.416 e. The lowest BCUT2D eigenvalue weighted by Gasteiger charge is -2.11. The van der Waals surface area contributed by atoms with Crippen LogP contribution in [0.3, 0.4) is 0 Å². The van der Waals surface area contributed by atoms with Crippen LogP contribution in [0.15, 0.2) is 6.07 Å². The Labute approximate surface area is 80.7 Å². The first-order valence-corrected chi connectivity index (χ1v) is 3.76. The van der Waals surface area contributed by atoms with Gasteiger partial charge in [-0.2, -0.15) is 17.6 Å². The number of aromatic nitrogens is 1. The van der Waals surface area contributed by atoms with Gasteiger partial charge in [0.15, 0.2) is 0 Å². The number of halogens is 6. The maximum absolute atomic E-state index is 12.8. The van der Waals surface area contributed by atoms with Crippen LogP contribution in [0.5, 0.6) is 0 Å². The maximum atomic E-state index is 12.8. The van der Waals surface area contributed by atoms with Crippen LogP contribution in [0.25, 0.3) is 0 Å². The van der Waals surface area contributed by atoms with E-state index in [1.807, 2.05) is 0 Å². The molecule has 1 heterocycles. The van der Waals surface area contributed by atoms with Crippen molar-refractivity contribution in [1.29, 1.82) is 0 Å². The van der Waals surface area contributed by atoms with E-state index in [9.17, 15) is 26.3 Å². The van der Waals surface area contributed by atoms with E-state index in [1.165, 1.54) is 0 Å². The molecule has 0 N–H and O–H groups in total. The Balaban J connectivity index is 3.38. The third-order valence-corrected chi connectivity index (χ3v) is 1.76. The summed E-state index contributed by atoms with van der Waals surface area (Å²) < 4.78 is 73.6. The van der Waals surface area contributed by atoms with Gasteiger partial charge in [0, 0.05) is 5.56 Å². The van der Waals surface area contributed by atoms with Crippen LogP contribution in [0.1, 0.15) is 23.2 Å². The summed E-state index contributed by atoms with van der Waals surface area (Å²) in [6.45, 7) is 0.834. The van der Waals surface area contributed by atoms with Gasteiger partial charge in [-0.1, -0.05) is 0 Å². The minimum atomic E-state index is -4.86. The van der Waals surface area contributed by atoms with Crippen molar-refractivity contribution < 1.29 is 26.3 Å². The van der Waals surface area contributed by atoms with Crippen molar-refractivity contribution in [1.82, 2.24) is 4.98 Å². The Kier molecular flexibility index (Phi) is 2.92. The van der Waals surface area contributed by atoms with E-state index >= 15 is 0 Å². The van der Waals surface area contributed by atoms with Gasteiger partial charge in [0.25, 0.3) is 6.43 Å². The van der Waals surface area contributed by atoms with E-state index in [2.05, 4.69) is 4.98 Å². The van der Waals surface area contributed by atoms with Gasteiger partial charge in [0.05, 0.1) is 5.56 Å². The van der Waals surface area contributed by atoms with Crippen molar-refractivity contribution in [2.45, 2.75) is 19.5 Å². The summed E-state index contributed by atoms with van der Waals surface area (Å²) in [6.07, 6.45) is -8.10. The highest BCUT2D eigenvalue weighted by atomic mass is 19.4. The quantitative estimate of drug-likeness (QED) is 0.530. The van der Waals surface area contributed by atoms with Crippen molar-refractivity contribution >= 4 is 0 Å².